The van der Waals surface area contributed by atoms with Crippen molar-refractivity contribution in [3.63, 3.8) is 0 Å². The van der Waals surface area contributed by atoms with Gasteiger partial charge in [0.05, 0.1) is 0 Å². The summed E-state index contributed by atoms with van der Waals surface area (Å²) >= 11 is 0. The van der Waals surface area contributed by atoms with Gasteiger partial charge in [-0.1, -0.05) is 13.5 Å². The number of hydroxylamine groups is 3. The Morgan fingerprint density at radius 3 is 2.18 bits per heavy atom. The van der Waals surface area contributed by atoms with Gasteiger partial charge >= 0.3 is 5.97 Å². The van der Waals surface area contributed by atoms with Crippen LogP contribution in [0, 0.1) is 0 Å². The molecule has 0 atom stereocenters. The predicted octanol–water partition coefficient (Wildman–Crippen LogP) is 1.12. The first kappa shape index (κ1) is 10.2. The van der Waals surface area contributed by atoms with E-state index in [1.54, 1.807) is 21.1 Å². The zero-order chi connectivity index (χ0) is 9.07. The molecule has 0 heterocycles. The molecule has 0 aromatic carbocycles. The minimum atomic E-state index is -0.319. The van der Waals surface area contributed by atoms with Crippen LogP contribution < -0.4 is 0 Å². The molecule has 11 heavy (non-hydrogen) atoms. The molecular weight excluding hydrogens is 142 g/mol. The fourth-order valence-electron chi connectivity index (χ4n) is 0.458. The number of rotatable bonds is 3. The SMILES string of the molecule is C=C(CC)C(=O)O[N+](C)(C)C. The molecule has 0 fully saturated rings. The number of carbonyl (C=O) groups is 1. The van der Waals surface area contributed by atoms with Gasteiger partial charge in [0.1, 0.15) is 21.1 Å². The van der Waals surface area contributed by atoms with Crippen molar-refractivity contribution in [1.82, 2.24) is 0 Å². The van der Waals surface area contributed by atoms with Gasteiger partial charge in [-0.05, 0) is 6.42 Å². The van der Waals surface area contributed by atoms with Crippen molar-refractivity contribution in [2.45, 2.75) is 13.3 Å². The number of nitrogens with zero attached hydrogens (tertiary/aromatic N) is 1. The van der Waals surface area contributed by atoms with Crippen LogP contribution in [-0.4, -0.2) is 31.8 Å². The average molecular weight is 158 g/mol. The predicted molar refractivity (Wildman–Crippen MR) is 43.6 cm³/mol. The molecule has 64 valence electrons. The van der Waals surface area contributed by atoms with Crippen LogP contribution in [0.5, 0.6) is 0 Å². The smallest absolute Gasteiger partial charge is 0.272 e. The first-order valence-corrected chi connectivity index (χ1v) is 3.60. The van der Waals surface area contributed by atoms with Crippen molar-refractivity contribution < 1.29 is 14.3 Å². The van der Waals surface area contributed by atoms with Crippen LogP contribution in [-0.2, 0) is 9.63 Å². The molecule has 0 aliphatic carbocycles. The van der Waals surface area contributed by atoms with Crippen LogP contribution in [0.15, 0.2) is 12.2 Å². The van der Waals surface area contributed by atoms with Gasteiger partial charge < -0.3 is 0 Å². The Morgan fingerprint density at radius 2 is 1.91 bits per heavy atom. The monoisotopic (exact) mass is 158 g/mol. The van der Waals surface area contributed by atoms with Crippen molar-refractivity contribution in [2.75, 3.05) is 21.1 Å². The molecule has 0 bridgehead atoms. The van der Waals surface area contributed by atoms with Gasteiger partial charge in [0.25, 0.3) is 0 Å². The van der Waals surface area contributed by atoms with E-state index in [1.807, 2.05) is 6.92 Å². The molecule has 3 heteroatoms. The Kier molecular flexibility index (Phi) is 3.26. The van der Waals surface area contributed by atoms with E-state index < -0.39 is 0 Å². The summed E-state index contributed by atoms with van der Waals surface area (Å²) in [6.45, 7) is 5.45. The average Bonchev–Trinajstić information content (AvgIpc) is 1.82. The summed E-state index contributed by atoms with van der Waals surface area (Å²) in [5.74, 6) is -0.319. The van der Waals surface area contributed by atoms with E-state index in [0.717, 1.165) is 0 Å². The lowest BCUT2D eigenvalue weighted by Gasteiger charge is -2.20. The molecule has 0 unspecified atom stereocenters. The fraction of sp³-hybridized carbons (Fsp3) is 0.625. The van der Waals surface area contributed by atoms with E-state index in [0.29, 0.717) is 12.0 Å². The second kappa shape index (κ2) is 3.53. The maximum absolute atomic E-state index is 11.1. The maximum atomic E-state index is 11.1. The minimum Gasteiger partial charge on any atom is -0.272 e. The van der Waals surface area contributed by atoms with Crippen LogP contribution in [0.1, 0.15) is 13.3 Å². The number of hydrogen-bond donors (Lipinski definition) is 0. The van der Waals surface area contributed by atoms with E-state index >= 15 is 0 Å². The van der Waals surface area contributed by atoms with Crippen molar-refractivity contribution in [2.24, 2.45) is 0 Å². The molecule has 0 aromatic rings. The van der Waals surface area contributed by atoms with Gasteiger partial charge in [0, 0.05) is 5.57 Å². The van der Waals surface area contributed by atoms with Crippen LogP contribution in [0.25, 0.3) is 0 Å². The van der Waals surface area contributed by atoms with Gasteiger partial charge in [0.2, 0.25) is 0 Å². The molecule has 0 aliphatic rings. The van der Waals surface area contributed by atoms with Crippen molar-refractivity contribution in [1.29, 1.82) is 0 Å². The molecule has 0 aliphatic heterocycles. The Hall–Kier alpha value is -0.830. The first-order valence-electron chi connectivity index (χ1n) is 3.60. The first-order chi connectivity index (χ1) is 4.87. The van der Waals surface area contributed by atoms with Gasteiger partial charge in [-0.3, -0.25) is 4.84 Å². The molecule has 0 aromatic heterocycles. The third-order valence-electron chi connectivity index (χ3n) is 1.07. The molecule has 0 amide bonds. The summed E-state index contributed by atoms with van der Waals surface area (Å²) < 4.78 is 0.178. The van der Waals surface area contributed by atoms with E-state index in [9.17, 15) is 4.79 Å². The Morgan fingerprint density at radius 1 is 1.45 bits per heavy atom. The Bertz CT molecular complexity index is 167. The van der Waals surface area contributed by atoms with E-state index in [4.69, 9.17) is 4.84 Å². The molecule has 0 spiro atoms. The van der Waals surface area contributed by atoms with Crippen molar-refractivity contribution in [3.05, 3.63) is 12.2 Å². The summed E-state index contributed by atoms with van der Waals surface area (Å²) in [6.07, 6.45) is 0.638. The molecule has 3 nitrogen and oxygen atoms in total. The van der Waals surface area contributed by atoms with Crippen LogP contribution in [0.3, 0.4) is 0 Å². The summed E-state index contributed by atoms with van der Waals surface area (Å²) in [5.41, 5.74) is 0.512. The summed E-state index contributed by atoms with van der Waals surface area (Å²) in [5, 5.41) is 0. The van der Waals surface area contributed by atoms with E-state index in [1.165, 1.54) is 0 Å². The summed E-state index contributed by atoms with van der Waals surface area (Å²) in [4.78, 5) is 16.0. The van der Waals surface area contributed by atoms with Crippen molar-refractivity contribution in [3.8, 4) is 0 Å². The lowest BCUT2D eigenvalue weighted by atomic mass is 10.2. The topological polar surface area (TPSA) is 26.3 Å². The molecule has 0 saturated heterocycles. The number of carbonyl (C=O) groups excluding carboxylic acids is 1. The molecular formula is C8H16NO2+. The zero-order valence-electron chi connectivity index (χ0n) is 7.68. The molecule has 0 rings (SSSR count). The lowest BCUT2D eigenvalue weighted by molar-refractivity contribution is -1.04. The summed E-state index contributed by atoms with van der Waals surface area (Å²) in [6, 6.07) is 0. The third-order valence-corrected chi connectivity index (χ3v) is 1.07. The highest BCUT2D eigenvalue weighted by atomic mass is 16.7. The highest BCUT2D eigenvalue weighted by molar-refractivity contribution is 5.86. The van der Waals surface area contributed by atoms with Crippen molar-refractivity contribution >= 4 is 5.97 Å². The van der Waals surface area contributed by atoms with E-state index in [2.05, 4.69) is 6.58 Å². The highest BCUT2D eigenvalue weighted by Crippen LogP contribution is 2.03. The van der Waals surface area contributed by atoms with E-state index in [-0.39, 0.29) is 10.6 Å². The van der Waals surface area contributed by atoms with Crippen LogP contribution in [0.4, 0.5) is 0 Å². The number of hydrogen-bond acceptors (Lipinski definition) is 2. The van der Waals surface area contributed by atoms with Crippen LogP contribution in [0.2, 0.25) is 0 Å². The summed E-state index contributed by atoms with van der Waals surface area (Å²) in [7, 11) is 5.34. The fourth-order valence-corrected chi connectivity index (χ4v) is 0.458. The van der Waals surface area contributed by atoms with Gasteiger partial charge in [0.15, 0.2) is 0 Å². The molecule has 0 radical (unpaired) electrons. The van der Waals surface area contributed by atoms with Gasteiger partial charge in [-0.15, -0.1) is 4.65 Å². The quantitative estimate of drug-likeness (QED) is 0.349. The maximum Gasteiger partial charge on any atom is 0.392 e. The highest BCUT2D eigenvalue weighted by Gasteiger charge is 2.17. The third kappa shape index (κ3) is 4.56. The standard InChI is InChI=1S/C8H16NO2/c1-6-7(2)8(10)11-9(3,4)5/h2,6H2,1,3-5H3/q+1. The largest absolute Gasteiger partial charge is 0.392 e. The number of quaternary nitrogens is 1. The normalized spacial score (nSPS) is 10.9. The Labute approximate surface area is 67.8 Å². The van der Waals surface area contributed by atoms with Crippen LogP contribution >= 0.6 is 0 Å². The Balaban J connectivity index is 3.99. The molecule has 0 saturated carbocycles. The second-order valence-corrected chi connectivity index (χ2v) is 3.23. The lowest BCUT2D eigenvalue weighted by Crippen LogP contribution is -2.37. The van der Waals surface area contributed by atoms with Gasteiger partial charge in [-0.25, -0.2) is 4.79 Å². The second-order valence-electron chi connectivity index (χ2n) is 3.23. The zero-order valence-corrected chi connectivity index (χ0v) is 7.68. The molecule has 0 N–H and O–H groups in total. The minimum absolute atomic E-state index is 0.178. The van der Waals surface area contributed by atoms with Gasteiger partial charge in [-0.2, -0.15) is 0 Å².